The number of ether oxygens (including phenoxy) is 1. The molecule has 3 heterocycles. The van der Waals surface area contributed by atoms with Crippen LogP contribution in [0.25, 0.3) is 11.4 Å². The first-order valence-electron chi connectivity index (χ1n) is 7.79. The van der Waals surface area contributed by atoms with Gasteiger partial charge in [-0.2, -0.15) is 0 Å². The van der Waals surface area contributed by atoms with E-state index >= 15 is 0 Å². The molecule has 23 heavy (non-hydrogen) atoms. The van der Waals surface area contributed by atoms with Crippen molar-refractivity contribution in [3.05, 3.63) is 30.4 Å². The zero-order valence-electron chi connectivity index (χ0n) is 13.5. The van der Waals surface area contributed by atoms with Crippen molar-refractivity contribution in [1.29, 1.82) is 0 Å². The van der Waals surface area contributed by atoms with E-state index in [1.807, 2.05) is 12.1 Å². The molecule has 0 spiro atoms. The molecule has 0 fully saturated rings. The van der Waals surface area contributed by atoms with Gasteiger partial charge >= 0.3 is 0 Å². The average Bonchev–Trinajstić information content (AvgIpc) is 3.03. The minimum absolute atomic E-state index is 0.0803. The number of hydrogen-bond donors (Lipinski definition) is 0. The van der Waals surface area contributed by atoms with Gasteiger partial charge in [-0.1, -0.05) is 0 Å². The Labute approximate surface area is 135 Å². The summed E-state index contributed by atoms with van der Waals surface area (Å²) >= 11 is 0. The molecule has 7 heteroatoms. The van der Waals surface area contributed by atoms with Crippen LogP contribution < -0.4 is 0 Å². The van der Waals surface area contributed by atoms with E-state index in [0.717, 1.165) is 36.6 Å². The smallest absolute Gasteiger partial charge is 0.233 e. The number of fused-ring (bicyclic) bond motifs is 1. The lowest BCUT2D eigenvalue weighted by molar-refractivity contribution is -0.132. The lowest BCUT2D eigenvalue weighted by atomic mass is 9.97. The van der Waals surface area contributed by atoms with Crippen molar-refractivity contribution in [2.24, 2.45) is 0 Å². The maximum absolute atomic E-state index is 12.7. The fourth-order valence-corrected chi connectivity index (χ4v) is 2.93. The standard InChI is InChI=1S/C16H21N5O2/c1-20(10-11-23-2)16(22)13-4-3-9-21-14(18-19-15(13)21)12-5-7-17-8-6-12/h5-8,13H,3-4,9-11H2,1-2H3. The van der Waals surface area contributed by atoms with E-state index in [2.05, 4.69) is 19.7 Å². The third-order valence-corrected chi connectivity index (χ3v) is 4.21. The first kappa shape index (κ1) is 15.6. The lowest BCUT2D eigenvalue weighted by Gasteiger charge is -2.27. The van der Waals surface area contributed by atoms with Crippen LogP contribution in [0.1, 0.15) is 24.6 Å². The lowest BCUT2D eigenvalue weighted by Crippen LogP contribution is -2.36. The van der Waals surface area contributed by atoms with Crippen molar-refractivity contribution in [2.75, 3.05) is 27.3 Å². The topological polar surface area (TPSA) is 73.1 Å². The van der Waals surface area contributed by atoms with Gasteiger partial charge in [0.1, 0.15) is 5.82 Å². The molecule has 0 radical (unpaired) electrons. The fourth-order valence-electron chi connectivity index (χ4n) is 2.93. The molecule has 0 bridgehead atoms. The fraction of sp³-hybridized carbons (Fsp3) is 0.500. The Kier molecular flexibility index (Phi) is 4.66. The van der Waals surface area contributed by atoms with Crippen molar-refractivity contribution in [3.8, 4) is 11.4 Å². The zero-order valence-corrected chi connectivity index (χ0v) is 13.5. The van der Waals surface area contributed by atoms with Crippen molar-refractivity contribution in [2.45, 2.75) is 25.3 Å². The van der Waals surface area contributed by atoms with Crippen LogP contribution in [0.2, 0.25) is 0 Å². The second-order valence-corrected chi connectivity index (χ2v) is 5.72. The van der Waals surface area contributed by atoms with Crippen molar-refractivity contribution < 1.29 is 9.53 Å². The van der Waals surface area contributed by atoms with E-state index in [1.54, 1.807) is 31.5 Å². The Morgan fingerprint density at radius 1 is 1.39 bits per heavy atom. The normalized spacial score (nSPS) is 16.9. The van der Waals surface area contributed by atoms with Gasteiger partial charge in [0.05, 0.1) is 12.5 Å². The maximum Gasteiger partial charge on any atom is 0.233 e. The Hall–Kier alpha value is -2.28. The summed E-state index contributed by atoms with van der Waals surface area (Å²) in [6.07, 6.45) is 5.23. The van der Waals surface area contributed by atoms with Crippen LogP contribution in [0, 0.1) is 0 Å². The molecule has 0 saturated heterocycles. The predicted molar refractivity (Wildman–Crippen MR) is 84.7 cm³/mol. The summed E-state index contributed by atoms with van der Waals surface area (Å²) in [5.74, 6) is 1.42. The highest BCUT2D eigenvalue weighted by Crippen LogP contribution is 2.31. The number of hydrogen-bond acceptors (Lipinski definition) is 5. The van der Waals surface area contributed by atoms with Gasteiger partial charge in [0.25, 0.3) is 0 Å². The van der Waals surface area contributed by atoms with Gasteiger partial charge in [0.2, 0.25) is 5.91 Å². The molecule has 0 aromatic carbocycles. The molecular weight excluding hydrogens is 294 g/mol. The minimum atomic E-state index is -0.228. The maximum atomic E-state index is 12.7. The van der Waals surface area contributed by atoms with Crippen molar-refractivity contribution in [3.63, 3.8) is 0 Å². The van der Waals surface area contributed by atoms with E-state index in [1.165, 1.54) is 0 Å². The summed E-state index contributed by atoms with van der Waals surface area (Å²) in [5.41, 5.74) is 0.972. The molecule has 7 nitrogen and oxygen atoms in total. The molecule has 1 unspecified atom stereocenters. The van der Waals surface area contributed by atoms with Crippen molar-refractivity contribution >= 4 is 5.91 Å². The number of carbonyl (C=O) groups is 1. The number of likely N-dealkylation sites (N-methyl/N-ethyl adjacent to an activating group) is 1. The number of aromatic nitrogens is 4. The second-order valence-electron chi connectivity index (χ2n) is 5.72. The SMILES string of the molecule is COCCN(C)C(=O)C1CCCn2c(-c3ccncc3)nnc21. The second kappa shape index (κ2) is 6.87. The Bertz CT molecular complexity index is 670. The van der Waals surface area contributed by atoms with Gasteiger partial charge < -0.3 is 14.2 Å². The Morgan fingerprint density at radius 2 is 2.17 bits per heavy atom. The minimum Gasteiger partial charge on any atom is -0.383 e. The molecule has 1 atom stereocenters. The monoisotopic (exact) mass is 315 g/mol. The Balaban J connectivity index is 1.86. The summed E-state index contributed by atoms with van der Waals surface area (Å²) in [4.78, 5) is 18.4. The van der Waals surface area contributed by atoms with Gasteiger partial charge in [-0.3, -0.25) is 9.78 Å². The molecule has 1 amide bonds. The predicted octanol–water partition coefficient (Wildman–Crippen LogP) is 1.32. The number of carbonyl (C=O) groups excluding carboxylic acids is 1. The highest BCUT2D eigenvalue weighted by atomic mass is 16.5. The molecule has 3 rings (SSSR count). The van der Waals surface area contributed by atoms with E-state index in [0.29, 0.717) is 13.2 Å². The number of rotatable bonds is 5. The van der Waals surface area contributed by atoms with E-state index in [4.69, 9.17) is 4.74 Å². The van der Waals surface area contributed by atoms with Crippen LogP contribution in [-0.4, -0.2) is 57.9 Å². The summed E-state index contributed by atoms with van der Waals surface area (Å²) < 4.78 is 7.11. The van der Waals surface area contributed by atoms with Crippen LogP contribution in [0.3, 0.4) is 0 Å². The Morgan fingerprint density at radius 3 is 2.91 bits per heavy atom. The van der Waals surface area contributed by atoms with Crippen LogP contribution in [0.4, 0.5) is 0 Å². The highest BCUT2D eigenvalue weighted by Gasteiger charge is 2.32. The van der Waals surface area contributed by atoms with Crippen LogP contribution in [0.15, 0.2) is 24.5 Å². The van der Waals surface area contributed by atoms with Gasteiger partial charge in [-0.15, -0.1) is 10.2 Å². The van der Waals surface area contributed by atoms with Gasteiger partial charge in [0, 0.05) is 45.2 Å². The molecule has 0 N–H and O–H groups in total. The van der Waals surface area contributed by atoms with E-state index < -0.39 is 0 Å². The molecule has 122 valence electrons. The van der Waals surface area contributed by atoms with E-state index in [9.17, 15) is 4.79 Å². The number of nitrogens with zero attached hydrogens (tertiary/aromatic N) is 5. The first-order chi connectivity index (χ1) is 11.2. The molecule has 2 aromatic rings. The molecule has 0 saturated carbocycles. The van der Waals surface area contributed by atoms with Gasteiger partial charge in [-0.25, -0.2) is 0 Å². The van der Waals surface area contributed by atoms with Gasteiger partial charge in [-0.05, 0) is 25.0 Å². The molecule has 0 aliphatic carbocycles. The van der Waals surface area contributed by atoms with Gasteiger partial charge in [0.15, 0.2) is 5.82 Å². The number of amides is 1. The number of pyridine rings is 1. The zero-order chi connectivity index (χ0) is 16.2. The summed E-state index contributed by atoms with van der Waals surface area (Å²) in [6, 6.07) is 3.82. The highest BCUT2D eigenvalue weighted by molar-refractivity contribution is 5.83. The van der Waals surface area contributed by atoms with Crippen molar-refractivity contribution in [1.82, 2.24) is 24.6 Å². The summed E-state index contributed by atoms with van der Waals surface area (Å²) in [5, 5.41) is 8.62. The third-order valence-electron chi connectivity index (χ3n) is 4.21. The number of methoxy groups -OCH3 is 1. The molecule has 1 aliphatic heterocycles. The molecule has 1 aliphatic rings. The largest absolute Gasteiger partial charge is 0.383 e. The molecular formula is C16H21N5O2. The van der Waals surface area contributed by atoms with Crippen LogP contribution in [0.5, 0.6) is 0 Å². The van der Waals surface area contributed by atoms with Crippen LogP contribution in [-0.2, 0) is 16.1 Å². The quantitative estimate of drug-likeness (QED) is 0.832. The average molecular weight is 315 g/mol. The molecule has 2 aromatic heterocycles. The summed E-state index contributed by atoms with van der Waals surface area (Å²) in [7, 11) is 3.44. The summed E-state index contributed by atoms with van der Waals surface area (Å²) in [6.45, 7) is 1.95. The van der Waals surface area contributed by atoms with Crippen LogP contribution >= 0.6 is 0 Å². The first-order valence-corrected chi connectivity index (χ1v) is 7.79. The van der Waals surface area contributed by atoms with E-state index in [-0.39, 0.29) is 11.8 Å². The third kappa shape index (κ3) is 3.10.